The minimum absolute atomic E-state index is 0. The van der Waals surface area contributed by atoms with Crippen molar-refractivity contribution in [1.82, 2.24) is 0 Å². The van der Waals surface area contributed by atoms with Gasteiger partial charge in [-0.05, 0) is 181 Å². The van der Waals surface area contributed by atoms with E-state index in [2.05, 4.69) is 87.3 Å². The van der Waals surface area contributed by atoms with Crippen molar-refractivity contribution >= 4 is 29.0 Å². The van der Waals surface area contributed by atoms with E-state index in [1.54, 1.807) is 6.92 Å². The van der Waals surface area contributed by atoms with Crippen LogP contribution in [0.5, 0.6) is 0 Å². The van der Waals surface area contributed by atoms with Crippen molar-refractivity contribution in [3.05, 3.63) is 102 Å². The van der Waals surface area contributed by atoms with Gasteiger partial charge in [-0.25, -0.2) is 0 Å². The zero-order valence-corrected chi connectivity index (χ0v) is 28.0. The van der Waals surface area contributed by atoms with Crippen LogP contribution in [0.3, 0.4) is 0 Å². The first-order valence-electron chi connectivity index (χ1n) is 13.4. The number of aryl methyl sites for hydroxylation is 3. The summed E-state index contributed by atoms with van der Waals surface area (Å²) < 4.78 is -0.798. The van der Waals surface area contributed by atoms with Crippen LogP contribution in [0.15, 0.2) is 18.2 Å². The lowest BCUT2D eigenvalue weighted by Gasteiger charge is -2.21. The summed E-state index contributed by atoms with van der Waals surface area (Å²) in [5, 5.41) is 0. The number of Topliss-reactive ketones (excluding diaryl/α,β-unsaturated/α-hetero) is 1. The Bertz CT molecular complexity index is 1440. The molecule has 0 unspecified atom stereocenters. The lowest BCUT2D eigenvalue weighted by molar-refractivity contribution is 0.101. The third kappa shape index (κ3) is 8.23. The minimum Gasteiger partial charge on any atom is -0.295 e. The molecular formula is C36H52Cl2O. The molecule has 0 aromatic heterocycles. The number of alkyl halides is 2. The molecule has 0 amide bonds. The number of rotatable bonds is 2. The van der Waals surface area contributed by atoms with Gasteiger partial charge in [0.15, 0.2) is 5.78 Å². The van der Waals surface area contributed by atoms with Crippen LogP contribution in [-0.4, -0.2) is 5.78 Å². The highest BCUT2D eigenvalue weighted by molar-refractivity contribution is 6.47. The molecule has 0 saturated heterocycles. The van der Waals surface area contributed by atoms with Crippen LogP contribution in [0.4, 0.5) is 0 Å². The van der Waals surface area contributed by atoms with Gasteiger partial charge in [-0.3, -0.25) is 4.79 Å². The number of halogens is 2. The highest BCUT2D eigenvalue weighted by Crippen LogP contribution is 2.37. The van der Waals surface area contributed by atoms with Crippen LogP contribution in [0, 0.1) is 95.4 Å². The van der Waals surface area contributed by atoms with Crippen molar-refractivity contribution in [2.45, 2.75) is 101 Å². The summed E-state index contributed by atoms with van der Waals surface area (Å²) in [5.41, 5.74) is 18.0. The molecule has 3 rings (SSSR count). The smallest absolute Gasteiger partial charge is 0.160 e. The molecule has 0 aliphatic carbocycles. The fourth-order valence-corrected chi connectivity index (χ4v) is 5.00. The van der Waals surface area contributed by atoms with Gasteiger partial charge in [-0.1, -0.05) is 35.2 Å². The van der Waals surface area contributed by atoms with Crippen LogP contribution >= 0.6 is 23.2 Å². The monoisotopic (exact) mass is 570 g/mol. The molecular weight excluding hydrogens is 519 g/mol. The zero-order chi connectivity index (χ0) is 30.6. The first-order valence-corrected chi connectivity index (χ1v) is 14.1. The number of carbonyl (C=O) groups is 1. The largest absolute Gasteiger partial charge is 0.295 e. The van der Waals surface area contributed by atoms with Gasteiger partial charge in [0.05, 0.1) is 0 Å². The standard InChI is InChI=1S/C12H16Cl2.C12H16O.C12H14.3H2/c1-7-6-11(12(5,13)14)10(4)9(3)8(7)2;1-7-6-12(11(5)13)10(4)9(3)8(7)2;1-6-12-7-8(2)9(3)10(4)11(12)5;;;/h6H,1-5H3;6H,1-5H3;1,7H,2-5H3;3*1H. The summed E-state index contributed by atoms with van der Waals surface area (Å²) >= 11 is 12.3. The van der Waals surface area contributed by atoms with Crippen molar-refractivity contribution in [3.63, 3.8) is 0 Å². The summed E-state index contributed by atoms with van der Waals surface area (Å²) in [4.78, 5) is 11.3. The zero-order valence-electron chi connectivity index (χ0n) is 26.5. The highest BCUT2D eigenvalue weighted by atomic mass is 35.5. The second-order valence-corrected chi connectivity index (χ2v) is 12.6. The van der Waals surface area contributed by atoms with Crippen LogP contribution in [0.2, 0.25) is 0 Å². The molecule has 1 nitrogen and oxygen atoms in total. The summed E-state index contributed by atoms with van der Waals surface area (Å²) in [6, 6.07) is 6.15. The molecule has 0 aliphatic rings. The Kier molecular flexibility index (Phi) is 12.1. The fraction of sp³-hybridized carbons (Fsp3) is 0.417. The quantitative estimate of drug-likeness (QED) is 0.170. The summed E-state index contributed by atoms with van der Waals surface area (Å²) in [6.07, 6.45) is 5.39. The first-order chi connectivity index (χ1) is 17.8. The average Bonchev–Trinajstić information content (AvgIpc) is 2.86. The third-order valence-corrected chi connectivity index (χ3v) is 8.86. The number of carbonyl (C=O) groups excluding carboxylic acids is 1. The van der Waals surface area contributed by atoms with Gasteiger partial charge in [0.2, 0.25) is 0 Å². The lowest BCUT2D eigenvalue weighted by atomic mass is 9.93. The molecule has 216 valence electrons. The van der Waals surface area contributed by atoms with Gasteiger partial charge in [0, 0.05) is 15.4 Å². The molecule has 39 heavy (non-hydrogen) atoms. The van der Waals surface area contributed by atoms with Crippen molar-refractivity contribution < 1.29 is 9.07 Å². The number of hydrogen-bond donors (Lipinski definition) is 0. The maximum atomic E-state index is 11.3. The molecule has 3 aromatic rings. The van der Waals surface area contributed by atoms with Crippen LogP contribution in [-0.2, 0) is 4.33 Å². The van der Waals surface area contributed by atoms with Gasteiger partial charge >= 0.3 is 0 Å². The third-order valence-electron chi connectivity index (χ3n) is 8.45. The Morgan fingerprint density at radius 2 is 1.03 bits per heavy atom. The maximum Gasteiger partial charge on any atom is 0.160 e. The van der Waals surface area contributed by atoms with E-state index in [-0.39, 0.29) is 10.1 Å². The molecule has 0 spiro atoms. The van der Waals surface area contributed by atoms with E-state index in [1.165, 1.54) is 61.2 Å². The summed E-state index contributed by atoms with van der Waals surface area (Å²) in [5.74, 6) is 2.86. The molecule has 0 atom stereocenters. The van der Waals surface area contributed by atoms with E-state index in [0.717, 1.165) is 22.3 Å². The molecule has 0 bridgehead atoms. The predicted octanol–water partition coefficient (Wildman–Crippen LogP) is 11.3. The molecule has 0 radical (unpaired) electrons. The summed E-state index contributed by atoms with van der Waals surface area (Å²) in [7, 11) is 0. The van der Waals surface area contributed by atoms with Crippen molar-refractivity contribution in [1.29, 1.82) is 0 Å². The Balaban J connectivity index is -0.000000526. The number of hydrogen-bond acceptors (Lipinski definition) is 1. The lowest BCUT2D eigenvalue weighted by Crippen LogP contribution is -2.09. The molecule has 0 saturated carbocycles. The van der Waals surface area contributed by atoms with E-state index >= 15 is 0 Å². The van der Waals surface area contributed by atoms with Crippen molar-refractivity contribution in [3.8, 4) is 12.3 Å². The SMILES string of the molecule is C#Cc1cc(C)c(C)c(C)c1C.CC(=O)c1cc(C)c(C)c(C)c1C.Cc1cc(C(C)(Cl)Cl)c(C)c(C)c1C.[HH].[HH].[HH]. The molecule has 3 heteroatoms. The van der Waals surface area contributed by atoms with Gasteiger partial charge in [-0.2, -0.15) is 0 Å². The second kappa shape index (κ2) is 13.7. The predicted molar refractivity (Wildman–Crippen MR) is 180 cm³/mol. The van der Waals surface area contributed by atoms with E-state index in [1.807, 2.05) is 26.8 Å². The van der Waals surface area contributed by atoms with Crippen LogP contribution in [0.25, 0.3) is 0 Å². The van der Waals surface area contributed by atoms with Gasteiger partial charge in [-0.15, -0.1) is 6.42 Å². The Hall–Kier alpha value is -2.53. The van der Waals surface area contributed by atoms with Crippen LogP contribution < -0.4 is 0 Å². The van der Waals surface area contributed by atoms with Crippen LogP contribution in [0.1, 0.15) is 106 Å². The van der Waals surface area contributed by atoms with E-state index in [9.17, 15) is 4.79 Å². The maximum absolute atomic E-state index is 11.3. The van der Waals surface area contributed by atoms with Gasteiger partial charge < -0.3 is 0 Å². The molecule has 0 heterocycles. The number of terminal acetylenes is 1. The Morgan fingerprint density at radius 1 is 0.641 bits per heavy atom. The van der Waals surface area contributed by atoms with Gasteiger partial charge in [0.1, 0.15) is 4.33 Å². The second-order valence-electron chi connectivity index (χ2n) is 10.9. The topological polar surface area (TPSA) is 17.1 Å². The number of ketones is 1. The Morgan fingerprint density at radius 3 is 1.44 bits per heavy atom. The fourth-order valence-electron chi connectivity index (χ4n) is 4.61. The normalized spacial score (nSPS) is 10.6. The molecule has 0 N–H and O–H groups in total. The first kappa shape index (κ1) is 34.5. The molecule has 3 aromatic carbocycles. The van der Waals surface area contributed by atoms with E-state index in [4.69, 9.17) is 29.6 Å². The molecule has 0 fully saturated rings. The van der Waals surface area contributed by atoms with Gasteiger partial charge in [0.25, 0.3) is 0 Å². The minimum atomic E-state index is -0.798. The van der Waals surface area contributed by atoms with Crippen molar-refractivity contribution in [2.24, 2.45) is 0 Å². The van der Waals surface area contributed by atoms with E-state index < -0.39 is 4.33 Å². The average molecular weight is 572 g/mol. The number of benzene rings is 3. The van der Waals surface area contributed by atoms with E-state index in [0.29, 0.717) is 0 Å². The Labute approximate surface area is 252 Å². The molecule has 0 aliphatic heterocycles. The highest BCUT2D eigenvalue weighted by Gasteiger charge is 2.23. The summed E-state index contributed by atoms with van der Waals surface area (Å²) in [6.45, 7) is 28.5. The van der Waals surface area contributed by atoms with Crippen molar-refractivity contribution in [2.75, 3.05) is 0 Å².